The normalized spacial score (nSPS) is 22.4. The predicted octanol–water partition coefficient (Wildman–Crippen LogP) is 5.70. The summed E-state index contributed by atoms with van der Waals surface area (Å²) in [6.45, 7) is 8.65. The summed E-state index contributed by atoms with van der Waals surface area (Å²) >= 11 is 6.13. The number of nitrogens with zero attached hydrogens (tertiary/aromatic N) is 3. The van der Waals surface area contributed by atoms with Gasteiger partial charge in [0.25, 0.3) is 0 Å². The number of aromatic nitrogens is 1. The van der Waals surface area contributed by atoms with Gasteiger partial charge in [0, 0.05) is 21.7 Å². The lowest BCUT2D eigenvalue weighted by Gasteiger charge is -2.37. The van der Waals surface area contributed by atoms with Crippen molar-refractivity contribution in [3.8, 4) is 11.1 Å². The third-order valence-corrected chi connectivity index (χ3v) is 6.13. The first-order valence-corrected chi connectivity index (χ1v) is 10.3. The third kappa shape index (κ3) is 3.52. The van der Waals surface area contributed by atoms with Gasteiger partial charge in [-0.3, -0.25) is 4.98 Å². The maximum absolute atomic E-state index is 9.86. The zero-order chi connectivity index (χ0) is 21.0. The molecule has 2 aliphatic rings. The van der Waals surface area contributed by atoms with Crippen molar-refractivity contribution in [2.24, 2.45) is 21.1 Å². The van der Waals surface area contributed by atoms with Gasteiger partial charge in [-0.05, 0) is 54.2 Å². The van der Waals surface area contributed by atoms with Crippen LogP contribution in [0, 0.1) is 10.8 Å². The predicted molar refractivity (Wildman–Crippen MR) is 116 cm³/mol. The molecule has 0 saturated carbocycles. The van der Waals surface area contributed by atoms with Crippen molar-refractivity contribution in [3.63, 3.8) is 0 Å². The molecule has 2 aliphatic carbocycles. The van der Waals surface area contributed by atoms with Crippen LogP contribution in [-0.4, -0.2) is 26.8 Å². The molecule has 0 spiro atoms. The highest BCUT2D eigenvalue weighted by Gasteiger charge is 2.39. The fraction of sp³-hybridized carbons (Fsp3) is 0.435. The molecule has 0 unspecified atom stereocenters. The van der Waals surface area contributed by atoms with Crippen LogP contribution in [0.5, 0.6) is 0 Å². The summed E-state index contributed by atoms with van der Waals surface area (Å²) in [5.74, 6) is 0. The molecular formula is C23H26ClN3O2. The van der Waals surface area contributed by atoms with Crippen molar-refractivity contribution in [3.05, 3.63) is 51.8 Å². The van der Waals surface area contributed by atoms with Gasteiger partial charge in [-0.15, -0.1) is 0 Å². The first-order valence-electron chi connectivity index (χ1n) is 9.88. The van der Waals surface area contributed by atoms with E-state index in [4.69, 9.17) is 16.6 Å². The Morgan fingerprint density at radius 2 is 1.21 bits per heavy atom. The molecule has 0 radical (unpaired) electrons. The van der Waals surface area contributed by atoms with Crippen molar-refractivity contribution < 1.29 is 10.4 Å². The van der Waals surface area contributed by atoms with E-state index in [0.717, 1.165) is 46.5 Å². The van der Waals surface area contributed by atoms with E-state index < -0.39 is 0 Å². The lowest BCUT2D eigenvalue weighted by molar-refractivity contribution is 0.303. The molecule has 2 N–H and O–H groups in total. The van der Waals surface area contributed by atoms with Crippen molar-refractivity contribution in [1.82, 2.24) is 4.98 Å². The van der Waals surface area contributed by atoms with Gasteiger partial charge in [0.1, 0.15) is 0 Å². The topological polar surface area (TPSA) is 78.1 Å². The molecule has 0 amide bonds. The Bertz CT molecular complexity index is 979. The van der Waals surface area contributed by atoms with E-state index in [-0.39, 0.29) is 10.8 Å². The maximum atomic E-state index is 9.86. The number of oxime groups is 2. The van der Waals surface area contributed by atoms with E-state index in [2.05, 4.69) is 38.0 Å². The molecule has 0 aliphatic heterocycles. The van der Waals surface area contributed by atoms with Crippen LogP contribution >= 0.6 is 11.6 Å². The van der Waals surface area contributed by atoms with Crippen LogP contribution < -0.4 is 0 Å². The third-order valence-electron chi connectivity index (χ3n) is 5.88. The Morgan fingerprint density at radius 3 is 1.62 bits per heavy atom. The second-order valence-corrected chi connectivity index (χ2v) is 10.2. The van der Waals surface area contributed by atoms with E-state index >= 15 is 0 Å². The van der Waals surface area contributed by atoms with Crippen molar-refractivity contribution in [2.45, 2.75) is 53.4 Å². The van der Waals surface area contributed by atoms with E-state index in [1.807, 2.05) is 24.3 Å². The molecule has 0 atom stereocenters. The highest BCUT2D eigenvalue weighted by Crippen LogP contribution is 2.45. The average molecular weight is 412 g/mol. The Labute approximate surface area is 176 Å². The van der Waals surface area contributed by atoms with Crippen molar-refractivity contribution >= 4 is 23.0 Å². The molecule has 6 heteroatoms. The van der Waals surface area contributed by atoms with Gasteiger partial charge in [0.15, 0.2) is 0 Å². The lowest BCUT2D eigenvalue weighted by atomic mass is 9.69. The largest absolute Gasteiger partial charge is 0.411 e. The van der Waals surface area contributed by atoms with Crippen LogP contribution in [0.2, 0.25) is 5.02 Å². The molecule has 152 valence electrons. The van der Waals surface area contributed by atoms with Gasteiger partial charge in [0.2, 0.25) is 0 Å². The lowest BCUT2D eigenvalue weighted by Crippen LogP contribution is -2.34. The fourth-order valence-corrected chi connectivity index (χ4v) is 4.88. The summed E-state index contributed by atoms with van der Waals surface area (Å²) in [4.78, 5) is 5.04. The van der Waals surface area contributed by atoms with E-state index in [0.29, 0.717) is 29.3 Å². The molecule has 0 saturated heterocycles. The zero-order valence-electron chi connectivity index (χ0n) is 17.3. The number of rotatable bonds is 1. The summed E-state index contributed by atoms with van der Waals surface area (Å²) in [5.41, 5.74) is 6.61. The zero-order valence-corrected chi connectivity index (χ0v) is 18.0. The van der Waals surface area contributed by atoms with E-state index in [1.165, 1.54) is 0 Å². The molecule has 29 heavy (non-hydrogen) atoms. The molecule has 0 bridgehead atoms. The monoisotopic (exact) mass is 411 g/mol. The number of halogens is 1. The smallest absolute Gasteiger partial charge is 0.0898 e. The van der Waals surface area contributed by atoms with Crippen molar-refractivity contribution in [1.29, 1.82) is 0 Å². The van der Waals surface area contributed by atoms with Crippen LogP contribution in [0.4, 0.5) is 0 Å². The van der Waals surface area contributed by atoms with Gasteiger partial charge in [0.05, 0.1) is 22.8 Å². The molecule has 1 aromatic carbocycles. The molecular weight excluding hydrogens is 386 g/mol. The number of benzene rings is 1. The van der Waals surface area contributed by atoms with Crippen LogP contribution in [0.25, 0.3) is 11.1 Å². The van der Waals surface area contributed by atoms with Crippen LogP contribution in [0.3, 0.4) is 0 Å². The van der Waals surface area contributed by atoms with Crippen LogP contribution in [-0.2, 0) is 12.8 Å². The Hall–Kier alpha value is -2.40. The summed E-state index contributed by atoms with van der Waals surface area (Å²) in [5, 5.41) is 27.7. The fourth-order valence-electron chi connectivity index (χ4n) is 4.76. The summed E-state index contributed by atoms with van der Waals surface area (Å²) in [7, 11) is 0. The van der Waals surface area contributed by atoms with E-state index in [9.17, 15) is 10.4 Å². The number of hydrogen-bond acceptors (Lipinski definition) is 5. The minimum absolute atomic E-state index is 0.0504. The Kier molecular flexibility index (Phi) is 4.69. The van der Waals surface area contributed by atoms with Gasteiger partial charge in [-0.1, -0.05) is 61.7 Å². The SMILES string of the molecule is CC1(C)CC(=NO)c2c(nc3c(c2-c2ccc(Cl)cc2)C(=NO)CC(C)(C)C3)C1. The highest BCUT2D eigenvalue weighted by molar-refractivity contribution is 6.30. The maximum Gasteiger partial charge on any atom is 0.0898 e. The molecule has 0 fully saturated rings. The van der Waals surface area contributed by atoms with Gasteiger partial charge in [-0.2, -0.15) is 0 Å². The Morgan fingerprint density at radius 1 is 0.759 bits per heavy atom. The summed E-state index contributed by atoms with van der Waals surface area (Å²) < 4.78 is 0. The standard InChI is InChI=1S/C23H26ClN3O2/c1-22(2)9-15-20(17(11-22)26-28)19(13-5-7-14(24)8-6-13)21-16(25-15)10-23(3,4)12-18(21)27-29/h5-8,28-29H,9-12H2,1-4H3. The minimum atomic E-state index is -0.0504. The van der Waals surface area contributed by atoms with Gasteiger partial charge >= 0.3 is 0 Å². The number of hydrogen-bond donors (Lipinski definition) is 2. The second kappa shape index (κ2) is 6.84. The minimum Gasteiger partial charge on any atom is -0.411 e. The Balaban J connectivity index is 2.10. The van der Waals surface area contributed by atoms with Crippen LogP contribution in [0.15, 0.2) is 34.6 Å². The molecule has 5 nitrogen and oxygen atoms in total. The first-order chi connectivity index (χ1) is 13.6. The van der Waals surface area contributed by atoms with E-state index in [1.54, 1.807) is 0 Å². The molecule has 4 rings (SSSR count). The first kappa shape index (κ1) is 19.9. The van der Waals surface area contributed by atoms with Gasteiger partial charge in [-0.25, -0.2) is 0 Å². The number of fused-ring (bicyclic) bond motifs is 2. The molecule has 2 aromatic rings. The second-order valence-electron chi connectivity index (χ2n) is 9.77. The number of pyridine rings is 1. The van der Waals surface area contributed by atoms with Gasteiger partial charge < -0.3 is 10.4 Å². The molecule has 1 heterocycles. The van der Waals surface area contributed by atoms with Crippen molar-refractivity contribution in [2.75, 3.05) is 0 Å². The van der Waals surface area contributed by atoms with Crippen LogP contribution in [0.1, 0.15) is 63.1 Å². The quantitative estimate of drug-likeness (QED) is 0.466. The summed E-state index contributed by atoms with van der Waals surface area (Å²) in [6, 6.07) is 7.62. The summed E-state index contributed by atoms with van der Waals surface area (Å²) in [6.07, 6.45) is 2.88. The molecule has 1 aromatic heterocycles. The average Bonchev–Trinajstić information content (AvgIpc) is 2.64. The highest BCUT2D eigenvalue weighted by atomic mass is 35.5.